The summed E-state index contributed by atoms with van der Waals surface area (Å²) in [5.41, 5.74) is 1.63. The maximum atomic E-state index is 14.3. The van der Waals surface area contributed by atoms with Crippen LogP contribution in [0.15, 0.2) is 52.9 Å². The van der Waals surface area contributed by atoms with Crippen molar-refractivity contribution in [2.45, 2.75) is 76.3 Å². The van der Waals surface area contributed by atoms with Gasteiger partial charge >= 0.3 is 0 Å². The Morgan fingerprint density at radius 3 is 2.49 bits per heavy atom. The molecular formula is C35H45ClN6O8S. The van der Waals surface area contributed by atoms with Crippen LogP contribution in [0.25, 0.3) is 11.1 Å². The minimum atomic E-state index is -3.80. The number of hydrogen-bond donors (Lipinski definition) is 4. The maximum Gasteiger partial charge on any atom is 0.266 e. The van der Waals surface area contributed by atoms with Gasteiger partial charge in [-0.25, -0.2) is 18.1 Å². The molecule has 3 amide bonds. The molecule has 2 aromatic carbocycles. The molecule has 1 aromatic heterocycles. The van der Waals surface area contributed by atoms with E-state index in [1.165, 1.54) is 4.90 Å². The number of amides is 3. The van der Waals surface area contributed by atoms with E-state index in [2.05, 4.69) is 25.7 Å². The molecule has 14 nitrogen and oxygen atoms in total. The van der Waals surface area contributed by atoms with E-state index in [0.29, 0.717) is 35.0 Å². The molecule has 5 rings (SSSR count). The molecule has 0 unspecified atom stereocenters. The lowest BCUT2D eigenvalue weighted by Crippen LogP contribution is -2.55. The van der Waals surface area contributed by atoms with Crippen molar-refractivity contribution in [3.05, 3.63) is 65.0 Å². The fourth-order valence-corrected chi connectivity index (χ4v) is 7.39. The Hall–Kier alpha value is -3.89. The van der Waals surface area contributed by atoms with Gasteiger partial charge in [0.1, 0.15) is 23.6 Å². The van der Waals surface area contributed by atoms with E-state index in [1.807, 2.05) is 0 Å². The van der Waals surface area contributed by atoms with Crippen LogP contribution in [0.1, 0.15) is 61.7 Å². The Morgan fingerprint density at radius 1 is 1.08 bits per heavy atom. The first-order valence-corrected chi connectivity index (χ1v) is 19.5. The third kappa shape index (κ3) is 10.8. The Kier molecular flexibility index (Phi) is 13.2. The molecule has 51 heavy (non-hydrogen) atoms. The number of aromatic nitrogens is 1. The lowest BCUT2D eigenvalue weighted by Gasteiger charge is -2.30. The molecule has 2 aliphatic rings. The standard InChI is InChI=1S/C35H45ClN6O8S/c1-3-38-31(43)19-28(32(44)34-40-26-6-4-5-7-30(26)50-34)39-33(45)29-18-25(49-21-23-8-11-24(36)12-9-23)20-42(29)35(46)27(41-51(2,47)48)13-10-22-14-16-37-17-15-22/h4-9,11-12,22,25,27-29,37,41H,3,10,13-21H2,1-2H3,(H,38,43)(H,39,45)/t25-,27-,28+,29+/m1/s1. The number of piperidine rings is 1. The van der Waals surface area contributed by atoms with Gasteiger partial charge < -0.3 is 30.0 Å². The Labute approximate surface area is 302 Å². The molecule has 4 atom stereocenters. The van der Waals surface area contributed by atoms with E-state index < -0.39 is 64.2 Å². The van der Waals surface area contributed by atoms with Crippen LogP contribution in [0, 0.1) is 5.92 Å². The van der Waals surface area contributed by atoms with Gasteiger partial charge in [0.25, 0.3) is 5.89 Å². The first-order chi connectivity index (χ1) is 24.4. The van der Waals surface area contributed by atoms with E-state index in [4.69, 9.17) is 20.8 Å². The zero-order valence-corrected chi connectivity index (χ0v) is 30.3. The highest BCUT2D eigenvalue weighted by Gasteiger charge is 2.44. The van der Waals surface area contributed by atoms with Gasteiger partial charge in [0.2, 0.25) is 33.5 Å². The number of para-hydroxylation sites is 2. The summed E-state index contributed by atoms with van der Waals surface area (Å²) in [7, 11) is -3.80. The van der Waals surface area contributed by atoms with Gasteiger partial charge in [-0.1, -0.05) is 35.9 Å². The molecule has 4 N–H and O–H groups in total. The smallest absolute Gasteiger partial charge is 0.266 e. The number of ketones is 1. The van der Waals surface area contributed by atoms with Crippen LogP contribution in [0.4, 0.5) is 0 Å². The average Bonchev–Trinajstić information content (AvgIpc) is 3.74. The number of likely N-dealkylation sites (tertiary alicyclic amines) is 1. The second-order valence-corrected chi connectivity index (χ2v) is 15.3. The Bertz CT molecular complexity index is 1760. The van der Waals surface area contributed by atoms with Gasteiger partial charge in [0.05, 0.1) is 25.4 Å². The van der Waals surface area contributed by atoms with Gasteiger partial charge in [-0.2, -0.15) is 0 Å². The molecule has 276 valence electrons. The Balaban J connectivity index is 1.39. The lowest BCUT2D eigenvalue weighted by atomic mass is 9.91. The zero-order chi connectivity index (χ0) is 36.5. The molecule has 0 spiro atoms. The van der Waals surface area contributed by atoms with Crippen LogP contribution in [-0.4, -0.2) is 98.5 Å². The first kappa shape index (κ1) is 38.3. The van der Waals surface area contributed by atoms with Crippen molar-refractivity contribution in [3.8, 4) is 0 Å². The molecule has 3 aromatic rings. The van der Waals surface area contributed by atoms with Gasteiger partial charge in [0.15, 0.2) is 5.58 Å². The van der Waals surface area contributed by atoms with Crippen LogP contribution in [-0.2, 0) is 35.8 Å². The number of nitrogens with one attached hydrogen (secondary N) is 4. The monoisotopic (exact) mass is 744 g/mol. The molecule has 2 aliphatic heterocycles. The highest BCUT2D eigenvalue weighted by molar-refractivity contribution is 7.88. The molecule has 0 aliphatic carbocycles. The normalized spacial score (nSPS) is 19.5. The SMILES string of the molecule is CCNC(=O)C[C@H](NC(=O)[C@@H]1C[C@@H](OCc2ccc(Cl)cc2)CN1C(=O)[C@@H](CCC1CCNCC1)NS(C)(=O)=O)C(=O)c1nc2ccccc2o1. The lowest BCUT2D eigenvalue weighted by molar-refractivity contribution is -0.140. The van der Waals surface area contributed by atoms with Gasteiger partial charge in [-0.15, -0.1) is 0 Å². The number of oxazole rings is 1. The fourth-order valence-electron chi connectivity index (χ4n) is 6.53. The van der Waals surface area contributed by atoms with Crippen LogP contribution in [0.2, 0.25) is 5.02 Å². The van der Waals surface area contributed by atoms with Crippen molar-refractivity contribution in [2.24, 2.45) is 5.92 Å². The summed E-state index contributed by atoms with van der Waals surface area (Å²) in [5, 5.41) is 9.20. The van der Waals surface area contributed by atoms with Crippen molar-refractivity contribution in [2.75, 3.05) is 32.4 Å². The minimum Gasteiger partial charge on any atom is -0.434 e. The van der Waals surface area contributed by atoms with Gasteiger partial charge in [-0.05, 0) is 81.4 Å². The number of carbonyl (C=O) groups is 4. The second kappa shape index (κ2) is 17.6. The first-order valence-electron chi connectivity index (χ1n) is 17.2. The molecular weight excluding hydrogens is 700 g/mol. The summed E-state index contributed by atoms with van der Waals surface area (Å²) in [5.74, 6) is -2.41. The van der Waals surface area contributed by atoms with Crippen molar-refractivity contribution < 1.29 is 36.7 Å². The largest absolute Gasteiger partial charge is 0.434 e. The van der Waals surface area contributed by atoms with Crippen LogP contribution >= 0.6 is 11.6 Å². The molecule has 0 bridgehead atoms. The summed E-state index contributed by atoms with van der Waals surface area (Å²) in [6.45, 7) is 3.91. The molecule has 0 radical (unpaired) electrons. The topological polar surface area (TPSA) is 189 Å². The molecule has 2 saturated heterocycles. The van der Waals surface area contributed by atoms with Crippen molar-refractivity contribution >= 4 is 56.2 Å². The number of nitrogens with zero attached hydrogens (tertiary/aromatic N) is 2. The summed E-state index contributed by atoms with van der Waals surface area (Å²) in [6, 6.07) is 10.2. The van der Waals surface area contributed by atoms with Crippen LogP contribution in [0.3, 0.4) is 0 Å². The minimum absolute atomic E-state index is 0.000136. The second-order valence-electron chi connectivity index (χ2n) is 13.1. The van der Waals surface area contributed by atoms with E-state index >= 15 is 0 Å². The predicted octanol–water partition coefficient (Wildman–Crippen LogP) is 2.56. The number of ether oxygens (including phenoxy) is 1. The Morgan fingerprint density at radius 2 is 1.80 bits per heavy atom. The third-order valence-corrected chi connectivity index (χ3v) is 10.1. The highest BCUT2D eigenvalue weighted by atomic mass is 35.5. The number of carbonyl (C=O) groups excluding carboxylic acids is 4. The van der Waals surface area contributed by atoms with Crippen LogP contribution in [0.5, 0.6) is 0 Å². The van der Waals surface area contributed by atoms with Crippen molar-refractivity contribution in [1.29, 1.82) is 0 Å². The number of benzene rings is 2. The average molecular weight is 745 g/mol. The molecule has 3 heterocycles. The number of fused-ring (bicyclic) bond motifs is 1. The highest BCUT2D eigenvalue weighted by Crippen LogP contribution is 2.26. The summed E-state index contributed by atoms with van der Waals surface area (Å²) in [4.78, 5) is 60.4. The van der Waals surface area contributed by atoms with Crippen LogP contribution < -0.4 is 20.7 Å². The molecule has 0 saturated carbocycles. The third-order valence-electron chi connectivity index (χ3n) is 9.13. The van der Waals surface area contributed by atoms with Gasteiger partial charge in [-0.3, -0.25) is 19.2 Å². The number of Topliss-reactive ketones (excluding diaryl/α,β-unsaturated/α-hetero) is 1. The quantitative estimate of drug-likeness (QED) is 0.159. The predicted molar refractivity (Wildman–Crippen MR) is 190 cm³/mol. The van der Waals surface area contributed by atoms with E-state index in [1.54, 1.807) is 55.5 Å². The van der Waals surface area contributed by atoms with E-state index in [0.717, 1.165) is 37.8 Å². The van der Waals surface area contributed by atoms with Gasteiger partial charge in [0, 0.05) is 24.5 Å². The molecule has 16 heteroatoms. The van der Waals surface area contributed by atoms with E-state index in [-0.39, 0.29) is 31.9 Å². The van der Waals surface area contributed by atoms with Crippen molar-refractivity contribution in [1.82, 2.24) is 30.6 Å². The maximum absolute atomic E-state index is 14.3. The fraction of sp³-hybridized carbons (Fsp3) is 0.514. The summed E-state index contributed by atoms with van der Waals surface area (Å²) < 4.78 is 39.2. The summed E-state index contributed by atoms with van der Waals surface area (Å²) in [6.07, 6.45) is 2.75. The van der Waals surface area contributed by atoms with Crippen molar-refractivity contribution in [3.63, 3.8) is 0 Å². The number of hydrogen-bond acceptors (Lipinski definition) is 10. The number of sulfonamides is 1. The molecule has 2 fully saturated rings. The zero-order valence-electron chi connectivity index (χ0n) is 28.7. The number of rotatable bonds is 16. The number of halogens is 1. The van der Waals surface area contributed by atoms with E-state index in [9.17, 15) is 27.6 Å². The summed E-state index contributed by atoms with van der Waals surface area (Å²) >= 11 is 6.03.